The van der Waals surface area contributed by atoms with Crippen LogP contribution in [0.1, 0.15) is 4.88 Å². The van der Waals surface area contributed by atoms with Crippen molar-refractivity contribution >= 4 is 33.1 Å². The molecule has 0 aliphatic rings. The third-order valence-corrected chi connectivity index (χ3v) is 3.55. The zero-order valence-corrected chi connectivity index (χ0v) is 11.0. The lowest BCUT2D eigenvalue weighted by atomic mass is 10.4. The van der Waals surface area contributed by atoms with E-state index >= 15 is 0 Å². The zero-order valence-electron chi connectivity index (χ0n) is 8.61. The Labute approximate surface area is 106 Å². The summed E-state index contributed by atoms with van der Waals surface area (Å²) in [6, 6.07) is 5.87. The second-order valence-corrected chi connectivity index (χ2v) is 5.55. The molecule has 0 aliphatic heterocycles. The van der Waals surface area contributed by atoms with Crippen molar-refractivity contribution in [2.24, 2.45) is 0 Å². The summed E-state index contributed by atoms with van der Waals surface area (Å²) in [5.41, 5.74) is 0. The number of halogens is 1. The van der Waals surface area contributed by atoms with Crippen molar-refractivity contribution in [1.29, 1.82) is 0 Å². The number of aromatic nitrogens is 2. The van der Waals surface area contributed by atoms with E-state index in [4.69, 9.17) is 4.74 Å². The van der Waals surface area contributed by atoms with Crippen molar-refractivity contribution in [3.8, 4) is 5.88 Å². The van der Waals surface area contributed by atoms with E-state index < -0.39 is 0 Å². The Morgan fingerprint density at radius 2 is 2.31 bits per heavy atom. The predicted molar refractivity (Wildman–Crippen MR) is 67.9 cm³/mol. The van der Waals surface area contributed by atoms with Crippen molar-refractivity contribution in [3.63, 3.8) is 0 Å². The lowest BCUT2D eigenvalue weighted by Crippen LogP contribution is -2.00. The molecule has 16 heavy (non-hydrogen) atoms. The van der Waals surface area contributed by atoms with Crippen LogP contribution in [-0.2, 0) is 6.54 Å². The van der Waals surface area contributed by atoms with Gasteiger partial charge < -0.3 is 10.1 Å². The standard InChI is InChI=1S/C10H10BrN3OS/c1-15-10-4-9(13-6-14-10)12-5-7-2-3-8(11)16-7/h2-4,6H,5H2,1H3,(H,12,13,14). The highest BCUT2D eigenvalue weighted by Gasteiger charge is 2.00. The molecule has 2 aromatic rings. The minimum atomic E-state index is 0.560. The van der Waals surface area contributed by atoms with Gasteiger partial charge in [0.25, 0.3) is 0 Å². The summed E-state index contributed by atoms with van der Waals surface area (Å²) in [4.78, 5) is 9.28. The van der Waals surface area contributed by atoms with Gasteiger partial charge in [0.1, 0.15) is 12.1 Å². The second-order valence-electron chi connectivity index (χ2n) is 3.00. The molecule has 0 fully saturated rings. The van der Waals surface area contributed by atoms with Crippen LogP contribution in [0.3, 0.4) is 0 Å². The van der Waals surface area contributed by atoms with Gasteiger partial charge in [-0.2, -0.15) is 0 Å². The van der Waals surface area contributed by atoms with Crippen LogP contribution < -0.4 is 10.1 Å². The van der Waals surface area contributed by atoms with Crippen LogP contribution in [0.4, 0.5) is 5.82 Å². The molecule has 0 saturated heterocycles. The van der Waals surface area contributed by atoms with E-state index in [1.54, 1.807) is 24.5 Å². The average molecular weight is 300 g/mol. The number of hydrogen-bond donors (Lipinski definition) is 1. The van der Waals surface area contributed by atoms with E-state index in [2.05, 4.69) is 37.3 Å². The largest absolute Gasteiger partial charge is 0.481 e. The number of anilines is 1. The molecule has 0 unspecified atom stereocenters. The van der Waals surface area contributed by atoms with Crippen molar-refractivity contribution < 1.29 is 4.74 Å². The van der Waals surface area contributed by atoms with Gasteiger partial charge in [-0.15, -0.1) is 11.3 Å². The third kappa shape index (κ3) is 2.93. The fraction of sp³-hybridized carbons (Fsp3) is 0.200. The molecule has 0 saturated carbocycles. The molecule has 6 heteroatoms. The monoisotopic (exact) mass is 299 g/mol. The Morgan fingerprint density at radius 3 is 3.00 bits per heavy atom. The molecule has 0 spiro atoms. The van der Waals surface area contributed by atoms with E-state index in [1.807, 2.05) is 6.07 Å². The van der Waals surface area contributed by atoms with Crippen LogP contribution in [0.15, 0.2) is 28.3 Å². The number of nitrogens with zero attached hydrogens (tertiary/aromatic N) is 2. The quantitative estimate of drug-likeness (QED) is 0.943. The minimum Gasteiger partial charge on any atom is -0.481 e. The maximum absolute atomic E-state index is 5.01. The van der Waals surface area contributed by atoms with Crippen LogP contribution in [0.5, 0.6) is 5.88 Å². The number of methoxy groups -OCH3 is 1. The summed E-state index contributed by atoms with van der Waals surface area (Å²) in [6.45, 7) is 0.746. The van der Waals surface area contributed by atoms with Gasteiger partial charge >= 0.3 is 0 Å². The van der Waals surface area contributed by atoms with Crippen LogP contribution in [0.25, 0.3) is 0 Å². The van der Waals surface area contributed by atoms with Crippen molar-refractivity contribution in [3.05, 3.63) is 33.2 Å². The molecule has 2 rings (SSSR count). The Morgan fingerprint density at radius 1 is 1.44 bits per heavy atom. The first-order chi connectivity index (χ1) is 7.78. The van der Waals surface area contributed by atoms with Crippen LogP contribution in [0, 0.1) is 0 Å². The first kappa shape index (κ1) is 11.3. The number of rotatable bonds is 4. The molecule has 0 radical (unpaired) electrons. The van der Waals surface area contributed by atoms with Gasteiger partial charge in [-0.1, -0.05) is 0 Å². The SMILES string of the molecule is COc1cc(NCc2ccc(Br)s2)ncn1. The molecule has 2 aromatic heterocycles. The zero-order chi connectivity index (χ0) is 11.4. The second kappa shape index (κ2) is 5.27. The number of nitrogens with one attached hydrogen (secondary N) is 1. The lowest BCUT2D eigenvalue weighted by Gasteiger charge is -2.04. The minimum absolute atomic E-state index is 0.560. The highest BCUT2D eigenvalue weighted by atomic mass is 79.9. The van der Waals surface area contributed by atoms with Gasteiger partial charge in [0.05, 0.1) is 17.4 Å². The lowest BCUT2D eigenvalue weighted by molar-refractivity contribution is 0.397. The molecule has 0 bridgehead atoms. The number of hydrogen-bond acceptors (Lipinski definition) is 5. The predicted octanol–water partition coefficient (Wildman–Crippen LogP) is 2.92. The molecule has 1 N–H and O–H groups in total. The fourth-order valence-corrected chi connectivity index (χ4v) is 2.60. The Bertz CT molecular complexity index is 475. The molecule has 0 aromatic carbocycles. The van der Waals surface area contributed by atoms with Gasteiger partial charge in [0.2, 0.25) is 5.88 Å². The average Bonchev–Trinajstić information content (AvgIpc) is 2.73. The van der Waals surface area contributed by atoms with Gasteiger partial charge in [-0.25, -0.2) is 9.97 Å². The molecule has 2 heterocycles. The van der Waals surface area contributed by atoms with Crippen molar-refractivity contribution in [2.45, 2.75) is 6.54 Å². The van der Waals surface area contributed by atoms with Crippen molar-refractivity contribution in [2.75, 3.05) is 12.4 Å². The third-order valence-electron chi connectivity index (χ3n) is 1.92. The molecule has 84 valence electrons. The summed E-state index contributed by atoms with van der Waals surface area (Å²) < 4.78 is 6.14. The Hall–Kier alpha value is -1.14. The highest BCUT2D eigenvalue weighted by Crippen LogP contribution is 2.22. The van der Waals surface area contributed by atoms with Crippen molar-refractivity contribution in [1.82, 2.24) is 9.97 Å². The highest BCUT2D eigenvalue weighted by molar-refractivity contribution is 9.11. The molecular formula is C10H10BrN3OS. The maximum atomic E-state index is 5.01. The normalized spacial score (nSPS) is 10.1. The molecule has 4 nitrogen and oxygen atoms in total. The topological polar surface area (TPSA) is 47.0 Å². The van der Waals surface area contributed by atoms with E-state index in [0.29, 0.717) is 5.88 Å². The summed E-state index contributed by atoms with van der Waals surface area (Å²) in [5.74, 6) is 1.32. The van der Waals surface area contributed by atoms with Crippen LogP contribution >= 0.6 is 27.3 Å². The Balaban J connectivity index is 1.99. The van der Waals surface area contributed by atoms with E-state index in [9.17, 15) is 0 Å². The number of ether oxygens (including phenoxy) is 1. The summed E-state index contributed by atoms with van der Waals surface area (Å²) in [6.07, 6.45) is 1.48. The van der Waals surface area contributed by atoms with Gasteiger partial charge in [-0.3, -0.25) is 0 Å². The smallest absolute Gasteiger partial charge is 0.218 e. The van der Waals surface area contributed by atoms with E-state index in [-0.39, 0.29) is 0 Å². The van der Waals surface area contributed by atoms with E-state index in [0.717, 1.165) is 16.1 Å². The summed E-state index contributed by atoms with van der Waals surface area (Å²) in [5, 5.41) is 3.21. The van der Waals surface area contributed by atoms with Crippen LogP contribution in [-0.4, -0.2) is 17.1 Å². The Kier molecular flexibility index (Phi) is 3.74. The maximum Gasteiger partial charge on any atom is 0.218 e. The first-order valence-electron chi connectivity index (χ1n) is 4.62. The van der Waals surface area contributed by atoms with E-state index in [1.165, 1.54) is 11.2 Å². The summed E-state index contributed by atoms with van der Waals surface area (Å²) in [7, 11) is 1.59. The first-order valence-corrected chi connectivity index (χ1v) is 6.23. The molecule has 0 amide bonds. The van der Waals surface area contributed by atoms with Gasteiger partial charge in [-0.05, 0) is 28.1 Å². The molecule has 0 aliphatic carbocycles. The number of thiophene rings is 1. The fourth-order valence-electron chi connectivity index (χ4n) is 1.17. The van der Waals surface area contributed by atoms with Gasteiger partial charge in [0, 0.05) is 10.9 Å². The molecule has 0 atom stereocenters. The summed E-state index contributed by atoms with van der Waals surface area (Å²) >= 11 is 5.12. The van der Waals surface area contributed by atoms with Crippen LogP contribution in [0.2, 0.25) is 0 Å². The van der Waals surface area contributed by atoms with Gasteiger partial charge in [0.15, 0.2) is 0 Å². The molecular weight excluding hydrogens is 290 g/mol.